The second-order valence-corrected chi connectivity index (χ2v) is 5.79. The molecule has 4 nitrogen and oxygen atoms in total. The van der Waals surface area contributed by atoms with Crippen LogP contribution in [0.2, 0.25) is 0 Å². The molecule has 0 aliphatic carbocycles. The van der Waals surface area contributed by atoms with Crippen molar-refractivity contribution in [1.82, 2.24) is 10.2 Å². The third kappa shape index (κ3) is 3.87. The molecule has 0 spiro atoms. The van der Waals surface area contributed by atoms with Crippen LogP contribution < -0.4 is 5.32 Å². The molecule has 0 aromatic rings. The van der Waals surface area contributed by atoms with Gasteiger partial charge in [0.05, 0.1) is 5.92 Å². The average Bonchev–Trinajstić information content (AvgIpc) is 2.60. The summed E-state index contributed by atoms with van der Waals surface area (Å²) in [6, 6.07) is 0. The largest absolute Gasteiger partial charge is 0.356 e. The van der Waals surface area contributed by atoms with Crippen LogP contribution in [0, 0.1) is 5.92 Å². The number of amides is 2. The Morgan fingerprint density at radius 2 is 2.18 bits per heavy atom. The van der Waals surface area contributed by atoms with Crippen molar-refractivity contribution >= 4 is 23.4 Å². The minimum atomic E-state index is -0.211. The predicted molar refractivity (Wildman–Crippen MR) is 67.9 cm³/mol. The number of carbonyl (C=O) groups is 2. The number of hydrogen-bond acceptors (Lipinski definition) is 2. The van der Waals surface area contributed by atoms with E-state index in [0.717, 1.165) is 6.42 Å². The van der Waals surface area contributed by atoms with Crippen molar-refractivity contribution in [3.05, 3.63) is 0 Å². The van der Waals surface area contributed by atoms with Gasteiger partial charge in [-0.3, -0.25) is 9.59 Å². The van der Waals surface area contributed by atoms with Gasteiger partial charge in [0, 0.05) is 30.9 Å². The summed E-state index contributed by atoms with van der Waals surface area (Å²) in [5.41, 5.74) is -0.206. The van der Waals surface area contributed by atoms with Crippen molar-refractivity contribution in [1.29, 1.82) is 0 Å². The molecule has 1 aliphatic rings. The molecule has 0 aromatic carbocycles. The lowest BCUT2D eigenvalue weighted by Gasteiger charge is -2.31. The van der Waals surface area contributed by atoms with Gasteiger partial charge in [-0.1, -0.05) is 0 Å². The van der Waals surface area contributed by atoms with E-state index in [0.29, 0.717) is 25.4 Å². The van der Waals surface area contributed by atoms with E-state index in [4.69, 9.17) is 11.6 Å². The summed E-state index contributed by atoms with van der Waals surface area (Å²) in [4.78, 5) is 25.4. The van der Waals surface area contributed by atoms with Crippen LogP contribution in [0.1, 0.15) is 33.6 Å². The molecular weight excluding hydrogens is 240 g/mol. The normalized spacial score (nSPS) is 20.8. The third-order valence-corrected chi connectivity index (χ3v) is 3.18. The molecule has 0 bridgehead atoms. The number of nitrogens with one attached hydrogen (secondary N) is 1. The first kappa shape index (κ1) is 14.3. The zero-order chi connectivity index (χ0) is 13.1. The number of nitrogens with zero attached hydrogens (tertiary/aromatic N) is 1. The van der Waals surface area contributed by atoms with Crippen LogP contribution in [0.5, 0.6) is 0 Å². The summed E-state index contributed by atoms with van der Waals surface area (Å²) in [5.74, 6) is 0.361. The molecule has 1 atom stereocenters. The Kier molecular flexibility index (Phi) is 4.80. The highest BCUT2D eigenvalue weighted by Crippen LogP contribution is 2.25. The highest BCUT2D eigenvalue weighted by Gasteiger charge is 2.39. The van der Waals surface area contributed by atoms with E-state index in [9.17, 15) is 9.59 Å². The van der Waals surface area contributed by atoms with Crippen LogP contribution in [0.3, 0.4) is 0 Å². The van der Waals surface area contributed by atoms with Gasteiger partial charge in [0.2, 0.25) is 11.8 Å². The van der Waals surface area contributed by atoms with Crippen LogP contribution >= 0.6 is 11.6 Å². The fourth-order valence-corrected chi connectivity index (χ4v) is 2.09. The maximum atomic E-state index is 11.8. The van der Waals surface area contributed by atoms with Gasteiger partial charge in [-0.05, 0) is 27.2 Å². The summed E-state index contributed by atoms with van der Waals surface area (Å²) >= 11 is 5.54. The average molecular weight is 261 g/mol. The van der Waals surface area contributed by atoms with E-state index in [1.807, 2.05) is 20.8 Å². The van der Waals surface area contributed by atoms with E-state index in [2.05, 4.69) is 5.32 Å². The topological polar surface area (TPSA) is 49.4 Å². The second-order valence-electron chi connectivity index (χ2n) is 5.41. The highest BCUT2D eigenvalue weighted by atomic mass is 35.5. The minimum Gasteiger partial charge on any atom is -0.356 e. The van der Waals surface area contributed by atoms with Crippen molar-refractivity contribution in [2.24, 2.45) is 5.92 Å². The van der Waals surface area contributed by atoms with Crippen LogP contribution in [-0.2, 0) is 9.59 Å². The van der Waals surface area contributed by atoms with Crippen molar-refractivity contribution in [2.75, 3.05) is 19.0 Å². The number of likely N-dealkylation sites (tertiary alicyclic amines) is 1. The maximum Gasteiger partial charge on any atom is 0.225 e. The summed E-state index contributed by atoms with van der Waals surface area (Å²) in [6.07, 6.45) is 1.08. The Bertz CT molecular complexity index is 299. The number of alkyl halides is 1. The van der Waals surface area contributed by atoms with Gasteiger partial charge in [0.15, 0.2) is 0 Å². The molecule has 1 N–H and O–H groups in total. The van der Waals surface area contributed by atoms with Crippen molar-refractivity contribution in [2.45, 2.75) is 39.2 Å². The van der Waals surface area contributed by atoms with E-state index in [1.54, 1.807) is 4.90 Å². The molecule has 1 unspecified atom stereocenters. The zero-order valence-electron chi connectivity index (χ0n) is 10.8. The SMILES string of the molecule is CC(C)(C)N1CC(C(=O)NCCCCl)CC1=O. The minimum absolute atomic E-state index is 0.0322. The zero-order valence-corrected chi connectivity index (χ0v) is 11.5. The smallest absolute Gasteiger partial charge is 0.225 e. The van der Waals surface area contributed by atoms with Crippen molar-refractivity contribution in [3.8, 4) is 0 Å². The van der Waals surface area contributed by atoms with E-state index in [1.165, 1.54) is 0 Å². The lowest BCUT2D eigenvalue weighted by atomic mass is 10.1. The molecule has 1 fully saturated rings. The molecule has 17 heavy (non-hydrogen) atoms. The number of rotatable bonds is 4. The lowest BCUT2D eigenvalue weighted by Crippen LogP contribution is -2.43. The van der Waals surface area contributed by atoms with Crippen molar-refractivity contribution in [3.63, 3.8) is 0 Å². The molecule has 2 amide bonds. The Hall–Kier alpha value is -0.770. The second kappa shape index (κ2) is 5.71. The van der Waals surface area contributed by atoms with Gasteiger partial charge < -0.3 is 10.2 Å². The van der Waals surface area contributed by atoms with E-state index in [-0.39, 0.29) is 23.3 Å². The fourth-order valence-electron chi connectivity index (χ4n) is 1.95. The first-order valence-electron chi connectivity index (χ1n) is 6.00. The Labute approximate surface area is 108 Å². The van der Waals surface area contributed by atoms with Gasteiger partial charge in [-0.25, -0.2) is 0 Å². The first-order chi connectivity index (χ1) is 7.86. The molecule has 5 heteroatoms. The van der Waals surface area contributed by atoms with Crippen molar-refractivity contribution < 1.29 is 9.59 Å². The van der Waals surface area contributed by atoms with Crippen LogP contribution in [0.4, 0.5) is 0 Å². The quantitative estimate of drug-likeness (QED) is 0.613. The molecule has 0 radical (unpaired) electrons. The summed E-state index contributed by atoms with van der Waals surface area (Å²) in [5, 5.41) is 2.82. The highest BCUT2D eigenvalue weighted by molar-refractivity contribution is 6.17. The molecule has 1 rings (SSSR count). The lowest BCUT2D eigenvalue weighted by molar-refractivity contribution is -0.132. The third-order valence-electron chi connectivity index (χ3n) is 2.92. The first-order valence-corrected chi connectivity index (χ1v) is 6.54. The van der Waals surface area contributed by atoms with E-state index < -0.39 is 0 Å². The maximum absolute atomic E-state index is 11.8. The molecule has 0 saturated carbocycles. The molecule has 1 aliphatic heterocycles. The van der Waals surface area contributed by atoms with Gasteiger partial charge in [-0.2, -0.15) is 0 Å². The molecule has 98 valence electrons. The monoisotopic (exact) mass is 260 g/mol. The molecule has 0 aromatic heterocycles. The standard InChI is InChI=1S/C12H21ClN2O2/c1-12(2,3)15-8-9(7-10(15)16)11(17)14-6-4-5-13/h9H,4-8H2,1-3H3,(H,14,17). The summed E-state index contributed by atoms with van der Waals surface area (Å²) < 4.78 is 0. The van der Waals surface area contributed by atoms with E-state index >= 15 is 0 Å². The van der Waals surface area contributed by atoms with Gasteiger partial charge in [0.25, 0.3) is 0 Å². The predicted octanol–water partition coefficient (Wildman–Crippen LogP) is 1.38. The van der Waals surface area contributed by atoms with Gasteiger partial charge >= 0.3 is 0 Å². The van der Waals surface area contributed by atoms with Crippen LogP contribution in [-0.4, -0.2) is 41.2 Å². The Balaban J connectivity index is 2.48. The molecular formula is C12H21ClN2O2. The Morgan fingerprint density at radius 3 is 2.65 bits per heavy atom. The Morgan fingerprint density at radius 1 is 1.53 bits per heavy atom. The number of carbonyl (C=O) groups excluding carboxylic acids is 2. The summed E-state index contributed by atoms with van der Waals surface area (Å²) in [7, 11) is 0. The number of halogens is 1. The summed E-state index contributed by atoms with van der Waals surface area (Å²) in [6.45, 7) is 7.06. The van der Waals surface area contributed by atoms with Crippen LogP contribution in [0.15, 0.2) is 0 Å². The fraction of sp³-hybridized carbons (Fsp3) is 0.833. The van der Waals surface area contributed by atoms with Crippen LogP contribution in [0.25, 0.3) is 0 Å². The van der Waals surface area contributed by atoms with Gasteiger partial charge in [-0.15, -0.1) is 11.6 Å². The molecule has 1 saturated heterocycles. The number of hydrogen-bond donors (Lipinski definition) is 1. The van der Waals surface area contributed by atoms with Gasteiger partial charge in [0.1, 0.15) is 0 Å². The molecule has 1 heterocycles.